The van der Waals surface area contributed by atoms with E-state index < -0.39 is 0 Å². The van der Waals surface area contributed by atoms with Gasteiger partial charge >= 0.3 is 0 Å². The Balaban J connectivity index is 1.96. The molecule has 2 N–H and O–H groups in total. The summed E-state index contributed by atoms with van der Waals surface area (Å²) in [4.78, 5) is 2.45. The number of hydrogen-bond donors (Lipinski definition) is 1. The second-order valence-electron chi connectivity index (χ2n) is 3.56. The van der Waals surface area contributed by atoms with Crippen LogP contribution in [0.2, 0.25) is 0 Å². The zero-order chi connectivity index (χ0) is 11.4. The molecule has 0 saturated heterocycles. The van der Waals surface area contributed by atoms with Gasteiger partial charge in [0.2, 0.25) is 0 Å². The van der Waals surface area contributed by atoms with Crippen molar-refractivity contribution in [2.24, 2.45) is 5.73 Å². The fraction of sp³-hybridized carbons (Fsp3) is 0.333. The van der Waals surface area contributed by atoms with Crippen LogP contribution >= 0.6 is 11.3 Å². The van der Waals surface area contributed by atoms with Crippen LogP contribution in [0.25, 0.3) is 0 Å². The summed E-state index contributed by atoms with van der Waals surface area (Å²) in [6.07, 6.45) is 1.61. The number of hydrogen-bond acceptors (Lipinski definition) is 4. The Bertz CT molecular complexity index is 422. The van der Waals surface area contributed by atoms with Crippen LogP contribution in [0.5, 0.6) is 0 Å². The highest BCUT2D eigenvalue weighted by molar-refractivity contribution is 7.12. The summed E-state index contributed by atoms with van der Waals surface area (Å²) in [5.74, 6) is 0.826. The van der Waals surface area contributed by atoms with E-state index in [9.17, 15) is 0 Å². The quantitative estimate of drug-likeness (QED) is 0.869. The molecule has 1 unspecified atom stereocenters. The predicted octanol–water partition coefficient (Wildman–Crippen LogP) is 2.87. The molecule has 0 fully saturated rings. The molecule has 3 nitrogen and oxygen atoms in total. The van der Waals surface area contributed by atoms with Crippen LogP contribution in [-0.4, -0.2) is 6.54 Å². The minimum absolute atomic E-state index is 0.0381. The van der Waals surface area contributed by atoms with E-state index >= 15 is 0 Å². The topological polar surface area (TPSA) is 48.4 Å². The van der Waals surface area contributed by atoms with Crippen molar-refractivity contribution < 1.29 is 9.15 Å². The molecule has 0 bridgehead atoms. The van der Waals surface area contributed by atoms with E-state index in [4.69, 9.17) is 14.9 Å². The highest BCUT2D eigenvalue weighted by Gasteiger charge is 2.12. The van der Waals surface area contributed by atoms with E-state index in [1.54, 1.807) is 17.6 Å². The minimum Gasteiger partial charge on any atom is -0.467 e. The van der Waals surface area contributed by atoms with E-state index in [0.717, 1.165) is 5.76 Å². The SMILES string of the molecule is Cc1ccc(C(CN)OCc2ccco2)s1. The number of rotatable bonds is 5. The first kappa shape index (κ1) is 11.4. The Labute approximate surface area is 98.8 Å². The zero-order valence-corrected chi connectivity index (χ0v) is 10.00. The van der Waals surface area contributed by atoms with Crippen LogP contribution in [-0.2, 0) is 11.3 Å². The van der Waals surface area contributed by atoms with Crippen molar-refractivity contribution in [1.82, 2.24) is 0 Å². The third-order valence-corrected chi connectivity index (χ3v) is 3.39. The third-order valence-electron chi connectivity index (χ3n) is 2.30. The predicted molar refractivity (Wildman–Crippen MR) is 64.3 cm³/mol. The summed E-state index contributed by atoms with van der Waals surface area (Å²) in [7, 11) is 0. The number of thiophene rings is 1. The van der Waals surface area contributed by atoms with Crippen LogP contribution in [0.1, 0.15) is 21.6 Å². The van der Waals surface area contributed by atoms with Gasteiger partial charge in [0.1, 0.15) is 18.5 Å². The van der Waals surface area contributed by atoms with Gasteiger partial charge in [-0.05, 0) is 31.2 Å². The molecule has 2 aromatic heterocycles. The van der Waals surface area contributed by atoms with Crippen molar-refractivity contribution in [3.05, 3.63) is 46.0 Å². The first-order chi connectivity index (χ1) is 7.79. The second-order valence-corrected chi connectivity index (χ2v) is 4.88. The molecule has 2 aromatic rings. The molecular formula is C12H15NO2S. The van der Waals surface area contributed by atoms with Gasteiger partial charge in [0.25, 0.3) is 0 Å². The van der Waals surface area contributed by atoms with Crippen molar-refractivity contribution in [2.75, 3.05) is 6.54 Å². The average Bonchev–Trinajstić information content (AvgIpc) is 2.91. The van der Waals surface area contributed by atoms with Crippen molar-refractivity contribution in [3.8, 4) is 0 Å². The Morgan fingerprint density at radius 1 is 1.44 bits per heavy atom. The Morgan fingerprint density at radius 3 is 2.88 bits per heavy atom. The fourth-order valence-electron chi connectivity index (χ4n) is 1.47. The standard InChI is InChI=1S/C12H15NO2S/c1-9-4-5-12(16-9)11(7-13)15-8-10-3-2-6-14-10/h2-6,11H,7-8,13H2,1H3. The highest BCUT2D eigenvalue weighted by Crippen LogP contribution is 2.25. The monoisotopic (exact) mass is 237 g/mol. The maximum atomic E-state index is 5.73. The molecule has 1 atom stereocenters. The molecule has 16 heavy (non-hydrogen) atoms. The summed E-state index contributed by atoms with van der Waals surface area (Å²) < 4.78 is 10.9. The maximum Gasteiger partial charge on any atom is 0.129 e. The van der Waals surface area contributed by atoms with Crippen molar-refractivity contribution in [1.29, 1.82) is 0 Å². The molecule has 0 saturated carbocycles. The zero-order valence-electron chi connectivity index (χ0n) is 9.18. The summed E-state index contributed by atoms with van der Waals surface area (Å²) >= 11 is 1.72. The normalized spacial score (nSPS) is 12.9. The summed E-state index contributed by atoms with van der Waals surface area (Å²) in [6.45, 7) is 3.03. The molecule has 4 heteroatoms. The fourth-order valence-corrected chi connectivity index (χ4v) is 2.41. The molecule has 0 amide bonds. The second kappa shape index (κ2) is 5.30. The first-order valence-electron chi connectivity index (χ1n) is 5.20. The lowest BCUT2D eigenvalue weighted by atomic mass is 10.3. The van der Waals surface area contributed by atoms with E-state index in [2.05, 4.69) is 19.1 Å². The van der Waals surface area contributed by atoms with Crippen LogP contribution in [0.3, 0.4) is 0 Å². The number of ether oxygens (including phenoxy) is 1. The first-order valence-corrected chi connectivity index (χ1v) is 6.01. The van der Waals surface area contributed by atoms with Gasteiger partial charge in [0, 0.05) is 16.3 Å². The van der Waals surface area contributed by atoms with Gasteiger partial charge in [-0.2, -0.15) is 0 Å². The minimum atomic E-state index is -0.0381. The number of aryl methyl sites for hydroxylation is 1. The number of furan rings is 1. The van der Waals surface area contributed by atoms with Gasteiger partial charge in [-0.3, -0.25) is 0 Å². The Hall–Kier alpha value is -1.10. The van der Waals surface area contributed by atoms with Crippen LogP contribution in [0.15, 0.2) is 34.9 Å². The van der Waals surface area contributed by atoms with Crippen LogP contribution < -0.4 is 5.73 Å². The van der Waals surface area contributed by atoms with Gasteiger partial charge in [-0.25, -0.2) is 0 Å². The lowest BCUT2D eigenvalue weighted by Gasteiger charge is -2.13. The smallest absolute Gasteiger partial charge is 0.129 e. The Morgan fingerprint density at radius 2 is 2.31 bits per heavy atom. The molecular weight excluding hydrogens is 222 g/mol. The van der Waals surface area contributed by atoms with Crippen molar-refractivity contribution in [2.45, 2.75) is 19.6 Å². The maximum absolute atomic E-state index is 5.73. The highest BCUT2D eigenvalue weighted by atomic mass is 32.1. The molecule has 0 aliphatic rings. The van der Waals surface area contributed by atoms with Gasteiger partial charge in [-0.1, -0.05) is 0 Å². The van der Waals surface area contributed by atoms with Gasteiger partial charge in [0.15, 0.2) is 0 Å². The van der Waals surface area contributed by atoms with Crippen LogP contribution in [0.4, 0.5) is 0 Å². The molecule has 0 aromatic carbocycles. The average molecular weight is 237 g/mol. The molecule has 0 aliphatic carbocycles. The lowest BCUT2D eigenvalue weighted by Crippen LogP contribution is -2.14. The Kier molecular flexibility index (Phi) is 3.77. The third kappa shape index (κ3) is 2.72. The van der Waals surface area contributed by atoms with E-state index in [1.807, 2.05) is 12.1 Å². The van der Waals surface area contributed by atoms with E-state index in [-0.39, 0.29) is 6.10 Å². The summed E-state index contributed by atoms with van der Waals surface area (Å²) in [5, 5.41) is 0. The molecule has 2 rings (SSSR count). The lowest BCUT2D eigenvalue weighted by molar-refractivity contribution is 0.0377. The van der Waals surface area contributed by atoms with Crippen molar-refractivity contribution in [3.63, 3.8) is 0 Å². The van der Waals surface area contributed by atoms with Gasteiger partial charge in [0.05, 0.1) is 6.26 Å². The van der Waals surface area contributed by atoms with E-state index in [1.165, 1.54) is 9.75 Å². The van der Waals surface area contributed by atoms with Crippen LogP contribution in [0, 0.1) is 6.92 Å². The largest absolute Gasteiger partial charge is 0.467 e. The van der Waals surface area contributed by atoms with Gasteiger partial charge < -0.3 is 14.9 Å². The van der Waals surface area contributed by atoms with Gasteiger partial charge in [-0.15, -0.1) is 11.3 Å². The molecule has 2 heterocycles. The summed E-state index contributed by atoms with van der Waals surface area (Å²) in [6, 6.07) is 7.90. The van der Waals surface area contributed by atoms with Crippen molar-refractivity contribution >= 4 is 11.3 Å². The number of nitrogens with two attached hydrogens (primary N) is 1. The molecule has 0 aliphatic heterocycles. The summed E-state index contributed by atoms with van der Waals surface area (Å²) in [5.41, 5.74) is 5.70. The molecule has 0 radical (unpaired) electrons. The molecule has 0 spiro atoms. The molecule has 86 valence electrons. The van der Waals surface area contributed by atoms with E-state index in [0.29, 0.717) is 13.2 Å².